The fourth-order valence-corrected chi connectivity index (χ4v) is 2.17. The van der Waals surface area contributed by atoms with Crippen molar-refractivity contribution >= 4 is 23.0 Å². The van der Waals surface area contributed by atoms with E-state index in [0.717, 1.165) is 29.2 Å². The van der Waals surface area contributed by atoms with Gasteiger partial charge in [0.15, 0.2) is 0 Å². The van der Waals surface area contributed by atoms with Crippen molar-refractivity contribution in [2.45, 2.75) is 13.8 Å². The van der Waals surface area contributed by atoms with E-state index < -0.39 is 0 Å². The average Bonchev–Trinajstić information content (AvgIpc) is 2.46. The maximum Gasteiger partial charge on any atom is 0.243 e. The van der Waals surface area contributed by atoms with Crippen LogP contribution in [0.1, 0.15) is 12.5 Å². The standard InChI is InChI=1S/C17H21N3O/c1-3-20(16-9-7-14(18)8-10-16)12-17(21)19-15-6-4-5-13(2)11-15/h4-11H,3,12,18H2,1-2H3,(H,19,21). The van der Waals surface area contributed by atoms with E-state index in [2.05, 4.69) is 5.32 Å². The first-order valence-corrected chi connectivity index (χ1v) is 7.05. The van der Waals surface area contributed by atoms with Crippen molar-refractivity contribution in [3.63, 3.8) is 0 Å². The number of benzene rings is 2. The van der Waals surface area contributed by atoms with E-state index in [-0.39, 0.29) is 5.91 Å². The SMILES string of the molecule is CCN(CC(=O)Nc1cccc(C)c1)c1ccc(N)cc1. The van der Waals surface area contributed by atoms with Crippen LogP contribution in [0.5, 0.6) is 0 Å². The van der Waals surface area contributed by atoms with Crippen molar-refractivity contribution in [3.05, 3.63) is 54.1 Å². The molecule has 2 aromatic rings. The Labute approximate surface area is 125 Å². The van der Waals surface area contributed by atoms with Crippen molar-refractivity contribution in [1.82, 2.24) is 0 Å². The normalized spacial score (nSPS) is 10.2. The molecule has 2 rings (SSSR count). The Hall–Kier alpha value is -2.49. The van der Waals surface area contributed by atoms with Gasteiger partial charge in [-0.15, -0.1) is 0 Å². The van der Waals surface area contributed by atoms with E-state index >= 15 is 0 Å². The van der Waals surface area contributed by atoms with Crippen molar-refractivity contribution < 1.29 is 4.79 Å². The molecule has 110 valence electrons. The van der Waals surface area contributed by atoms with Gasteiger partial charge in [0.1, 0.15) is 0 Å². The van der Waals surface area contributed by atoms with Crippen LogP contribution in [0, 0.1) is 6.92 Å². The molecule has 0 saturated heterocycles. The van der Waals surface area contributed by atoms with Crippen LogP contribution in [0.25, 0.3) is 0 Å². The number of anilines is 3. The predicted octanol–water partition coefficient (Wildman–Crippen LogP) is 3.04. The molecule has 0 unspecified atom stereocenters. The maximum absolute atomic E-state index is 12.2. The van der Waals surface area contributed by atoms with Gasteiger partial charge in [-0.3, -0.25) is 4.79 Å². The molecule has 3 N–H and O–H groups in total. The Bertz CT molecular complexity index is 608. The molecule has 0 heterocycles. The monoisotopic (exact) mass is 283 g/mol. The third kappa shape index (κ3) is 4.24. The molecule has 0 aromatic heterocycles. The number of nitrogens with two attached hydrogens (primary N) is 1. The first-order chi connectivity index (χ1) is 10.1. The second kappa shape index (κ2) is 6.79. The number of nitrogens with zero attached hydrogens (tertiary/aromatic N) is 1. The van der Waals surface area contributed by atoms with Crippen LogP contribution in [0.4, 0.5) is 17.1 Å². The molecule has 2 aromatic carbocycles. The van der Waals surface area contributed by atoms with Crippen LogP contribution in [0.3, 0.4) is 0 Å². The Morgan fingerprint density at radius 1 is 1.19 bits per heavy atom. The Morgan fingerprint density at radius 3 is 2.52 bits per heavy atom. The van der Waals surface area contributed by atoms with E-state index in [1.54, 1.807) is 0 Å². The van der Waals surface area contributed by atoms with E-state index in [0.29, 0.717) is 6.54 Å². The Morgan fingerprint density at radius 2 is 1.90 bits per heavy atom. The summed E-state index contributed by atoms with van der Waals surface area (Å²) >= 11 is 0. The number of nitrogens with one attached hydrogen (secondary N) is 1. The zero-order valence-corrected chi connectivity index (χ0v) is 12.5. The summed E-state index contributed by atoms with van der Waals surface area (Å²) in [5.74, 6) is -0.0284. The van der Waals surface area contributed by atoms with Crippen LogP contribution >= 0.6 is 0 Å². The van der Waals surface area contributed by atoms with E-state index in [1.807, 2.05) is 67.3 Å². The highest BCUT2D eigenvalue weighted by Crippen LogP contribution is 2.16. The minimum atomic E-state index is -0.0284. The molecule has 21 heavy (non-hydrogen) atoms. The summed E-state index contributed by atoms with van der Waals surface area (Å²) in [6, 6.07) is 15.3. The molecule has 0 bridgehead atoms. The summed E-state index contributed by atoms with van der Waals surface area (Å²) < 4.78 is 0. The van der Waals surface area contributed by atoms with Gasteiger partial charge < -0.3 is 16.0 Å². The lowest BCUT2D eigenvalue weighted by atomic mass is 10.2. The second-order valence-corrected chi connectivity index (χ2v) is 5.02. The zero-order valence-electron chi connectivity index (χ0n) is 12.5. The lowest BCUT2D eigenvalue weighted by Crippen LogP contribution is -2.33. The van der Waals surface area contributed by atoms with Gasteiger partial charge in [-0.25, -0.2) is 0 Å². The zero-order chi connectivity index (χ0) is 15.2. The molecule has 0 atom stereocenters. The summed E-state index contributed by atoms with van der Waals surface area (Å²) in [7, 11) is 0. The fraction of sp³-hybridized carbons (Fsp3) is 0.235. The molecule has 0 saturated carbocycles. The average molecular weight is 283 g/mol. The minimum absolute atomic E-state index is 0.0284. The molecule has 0 radical (unpaired) electrons. The Balaban J connectivity index is 2.01. The van der Waals surface area contributed by atoms with Crippen LogP contribution in [-0.2, 0) is 4.79 Å². The highest BCUT2D eigenvalue weighted by molar-refractivity contribution is 5.94. The minimum Gasteiger partial charge on any atom is -0.399 e. The van der Waals surface area contributed by atoms with Crippen LogP contribution in [0.15, 0.2) is 48.5 Å². The van der Waals surface area contributed by atoms with Crippen molar-refractivity contribution in [2.75, 3.05) is 29.0 Å². The fourth-order valence-electron chi connectivity index (χ4n) is 2.17. The predicted molar refractivity (Wildman–Crippen MR) is 88.6 cm³/mol. The van der Waals surface area contributed by atoms with Crippen LogP contribution in [-0.4, -0.2) is 19.0 Å². The molecule has 4 heteroatoms. The summed E-state index contributed by atoms with van der Waals surface area (Å²) in [5.41, 5.74) is 9.35. The summed E-state index contributed by atoms with van der Waals surface area (Å²) in [6.45, 7) is 5.10. The van der Waals surface area contributed by atoms with E-state index in [1.165, 1.54) is 0 Å². The highest BCUT2D eigenvalue weighted by Gasteiger charge is 2.10. The van der Waals surface area contributed by atoms with Gasteiger partial charge in [-0.05, 0) is 55.8 Å². The third-order valence-electron chi connectivity index (χ3n) is 3.28. The number of hydrogen-bond donors (Lipinski definition) is 2. The Kier molecular flexibility index (Phi) is 4.82. The summed E-state index contributed by atoms with van der Waals surface area (Å²) in [6.07, 6.45) is 0. The number of amides is 1. The molecule has 1 amide bonds. The topological polar surface area (TPSA) is 58.4 Å². The smallest absolute Gasteiger partial charge is 0.243 e. The summed E-state index contributed by atoms with van der Waals surface area (Å²) in [4.78, 5) is 14.2. The van der Waals surface area contributed by atoms with Gasteiger partial charge in [-0.2, -0.15) is 0 Å². The number of carbonyl (C=O) groups is 1. The van der Waals surface area contributed by atoms with Gasteiger partial charge in [0.25, 0.3) is 0 Å². The van der Waals surface area contributed by atoms with Gasteiger partial charge in [0, 0.05) is 23.6 Å². The van der Waals surface area contributed by atoms with E-state index in [9.17, 15) is 4.79 Å². The van der Waals surface area contributed by atoms with Crippen LogP contribution < -0.4 is 16.0 Å². The first-order valence-electron chi connectivity index (χ1n) is 7.05. The number of rotatable bonds is 5. The van der Waals surface area contributed by atoms with Gasteiger partial charge >= 0.3 is 0 Å². The number of carbonyl (C=O) groups excluding carboxylic acids is 1. The molecule has 4 nitrogen and oxygen atoms in total. The number of aryl methyl sites for hydroxylation is 1. The molecule has 0 aliphatic heterocycles. The van der Waals surface area contributed by atoms with Gasteiger partial charge in [0.2, 0.25) is 5.91 Å². The quantitative estimate of drug-likeness (QED) is 0.829. The molecular weight excluding hydrogens is 262 g/mol. The third-order valence-corrected chi connectivity index (χ3v) is 3.28. The van der Waals surface area contributed by atoms with E-state index in [4.69, 9.17) is 5.73 Å². The molecule has 0 fully saturated rings. The number of hydrogen-bond acceptors (Lipinski definition) is 3. The molecule has 0 aliphatic rings. The van der Waals surface area contributed by atoms with Gasteiger partial charge in [-0.1, -0.05) is 12.1 Å². The largest absolute Gasteiger partial charge is 0.399 e. The maximum atomic E-state index is 12.2. The molecule has 0 spiro atoms. The second-order valence-electron chi connectivity index (χ2n) is 5.02. The van der Waals surface area contributed by atoms with Crippen LogP contribution in [0.2, 0.25) is 0 Å². The van der Waals surface area contributed by atoms with Crippen molar-refractivity contribution in [3.8, 4) is 0 Å². The van der Waals surface area contributed by atoms with Crippen molar-refractivity contribution in [1.29, 1.82) is 0 Å². The molecule has 0 aliphatic carbocycles. The van der Waals surface area contributed by atoms with Crippen molar-refractivity contribution in [2.24, 2.45) is 0 Å². The summed E-state index contributed by atoms with van der Waals surface area (Å²) in [5, 5.41) is 2.92. The first kappa shape index (κ1) is 14.9. The van der Waals surface area contributed by atoms with Gasteiger partial charge in [0.05, 0.1) is 6.54 Å². The lowest BCUT2D eigenvalue weighted by molar-refractivity contribution is -0.115. The highest BCUT2D eigenvalue weighted by atomic mass is 16.2. The lowest BCUT2D eigenvalue weighted by Gasteiger charge is -2.22. The number of nitrogen functional groups attached to an aromatic ring is 1. The molecular formula is C17H21N3O. The number of likely N-dealkylation sites (N-methyl/N-ethyl adjacent to an activating group) is 1.